The van der Waals surface area contributed by atoms with Gasteiger partial charge in [0, 0.05) is 5.02 Å². The predicted molar refractivity (Wildman–Crippen MR) is 86.6 cm³/mol. The summed E-state index contributed by atoms with van der Waals surface area (Å²) in [6.07, 6.45) is 0. The molecular weight excluding hydrogens is 286 g/mol. The molecule has 0 fully saturated rings. The zero-order chi connectivity index (χ0) is 15.4. The zero-order valence-electron chi connectivity index (χ0n) is 12.7. The van der Waals surface area contributed by atoms with E-state index in [1.54, 1.807) is 14.2 Å². The molecule has 0 aromatic heterocycles. The highest BCUT2D eigenvalue weighted by Gasteiger charge is 2.15. The lowest BCUT2D eigenvalue weighted by Crippen LogP contribution is -2.17. The minimum Gasteiger partial charge on any atom is -0.493 e. The van der Waals surface area contributed by atoms with Crippen molar-refractivity contribution in [3.05, 3.63) is 58.1 Å². The molecule has 0 spiro atoms. The van der Waals surface area contributed by atoms with Gasteiger partial charge in [0.25, 0.3) is 0 Å². The number of halogens is 1. The molecule has 4 heteroatoms. The molecule has 2 aromatic rings. The molecule has 0 bridgehead atoms. The number of benzene rings is 2. The highest BCUT2D eigenvalue weighted by molar-refractivity contribution is 6.31. The van der Waals surface area contributed by atoms with E-state index in [1.165, 1.54) is 0 Å². The molecule has 0 aliphatic heterocycles. The average molecular weight is 306 g/mol. The number of hydrogen-bond donors (Lipinski definition) is 1. The van der Waals surface area contributed by atoms with Gasteiger partial charge in [-0.25, -0.2) is 0 Å². The minimum absolute atomic E-state index is 0.0444. The molecule has 0 heterocycles. The Kier molecular flexibility index (Phi) is 5.10. The summed E-state index contributed by atoms with van der Waals surface area (Å²) in [7, 11) is 5.20. The summed E-state index contributed by atoms with van der Waals surface area (Å²) >= 11 is 6.24. The van der Waals surface area contributed by atoms with Gasteiger partial charge in [-0.15, -0.1) is 0 Å². The second kappa shape index (κ2) is 6.83. The minimum atomic E-state index is 0.0444. The number of rotatable bonds is 5. The summed E-state index contributed by atoms with van der Waals surface area (Å²) in [5.74, 6) is 1.44. The largest absolute Gasteiger partial charge is 0.493 e. The van der Waals surface area contributed by atoms with Crippen LogP contribution in [0.4, 0.5) is 0 Å². The molecule has 3 nitrogen and oxygen atoms in total. The van der Waals surface area contributed by atoms with Gasteiger partial charge in [0.1, 0.15) is 0 Å². The van der Waals surface area contributed by atoms with Crippen molar-refractivity contribution in [1.82, 2.24) is 5.32 Å². The van der Waals surface area contributed by atoms with Gasteiger partial charge >= 0.3 is 0 Å². The number of ether oxygens (including phenoxy) is 2. The Balaban J connectivity index is 2.43. The average Bonchev–Trinajstić information content (AvgIpc) is 2.51. The lowest BCUT2D eigenvalue weighted by atomic mass is 9.97. The number of methoxy groups -OCH3 is 2. The first-order chi connectivity index (χ1) is 10.1. The summed E-state index contributed by atoms with van der Waals surface area (Å²) in [5, 5.41) is 4.09. The Labute approximate surface area is 130 Å². The summed E-state index contributed by atoms with van der Waals surface area (Å²) < 4.78 is 10.7. The number of nitrogens with one attached hydrogen (secondary N) is 1. The second-order valence-corrected chi connectivity index (χ2v) is 5.25. The zero-order valence-corrected chi connectivity index (χ0v) is 13.5. The van der Waals surface area contributed by atoms with Crippen LogP contribution in [0.3, 0.4) is 0 Å². The normalized spacial score (nSPS) is 12.0. The fraction of sp³-hybridized carbons (Fsp3) is 0.294. The lowest BCUT2D eigenvalue weighted by Gasteiger charge is -2.19. The fourth-order valence-electron chi connectivity index (χ4n) is 2.35. The van der Waals surface area contributed by atoms with E-state index in [-0.39, 0.29) is 6.04 Å². The van der Waals surface area contributed by atoms with Crippen molar-refractivity contribution < 1.29 is 9.47 Å². The lowest BCUT2D eigenvalue weighted by molar-refractivity contribution is 0.354. The van der Waals surface area contributed by atoms with Crippen molar-refractivity contribution in [3.63, 3.8) is 0 Å². The number of aryl methyl sites for hydroxylation is 1. The molecule has 2 rings (SSSR count). The van der Waals surface area contributed by atoms with Crippen LogP contribution in [0.25, 0.3) is 0 Å². The summed E-state index contributed by atoms with van der Waals surface area (Å²) in [6.45, 7) is 2.00. The molecule has 1 N–H and O–H groups in total. The Hall–Kier alpha value is -1.71. The molecule has 0 saturated carbocycles. The van der Waals surface area contributed by atoms with Gasteiger partial charge in [-0.05, 0) is 48.9 Å². The van der Waals surface area contributed by atoms with Crippen LogP contribution in [0, 0.1) is 6.92 Å². The van der Waals surface area contributed by atoms with Crippen LogP contribution in [-0.4, -0.2) is 21.3 Å². The van der Waals surface area contributed by atoms with Crippen molar-refractivity contribution in [2.75, 3.05) is 21.3 Å². The van der Waals surface area contributed by atoms with E-state index in [0.29, 0.717) is 5.75 Å². The van der Waals surface area contributed by atoms with Crippen LogP contribution in [0.1, 0.15) is 22.7 Å². The predicted octanol–water partition coefficient (Wildman–Crippen LogP) is 3.97. The first-order valence-electron chi connectivity index (χ1n) is 6.76. The van der Waals surface area contributed by atoms with Gasteiger partial charge in [0.05, 0.1) is 20.3 Å². The van der Waals surface area contributed by atoms with Crippen molar-refractivity contribution >= 4 is 11.6 Å². The molecule has 2 aromatic carbocycles. The Bertz CT molecular complexity index is 628. The molecule has 0 radical (unpaired) electrons. The Morgan fingerprint density at radius 3 is 2.14 bits per heavy atom. The van der Waals surface area contributed by atoms with Crippen molar-refractivity contribution in [3.8, 4) is 11.5 Å². The monoisotopic (exact) mass is 305 g/mol. The molecule has 0 amide bonds. The molecule has 0 saturated heterocycles. The van der Waals surface area contributed by atoms with Gasteiger partial charge < -0.3 is 14.8 Å². The van der Waals surface area contributed by atoms with E-state index in [0.717, 1.165) is 27.5 Å². The maximum Gasteiger partial charge on any atom is 0.161 e. The van der Waals surface area contributed by atoms with Crippen LogP contribution < -0.4 is 14.8 Å². The smallest absolute Gasteiger partial charge is 0.161 e. The highest BCUT2D eigenvalue weighted by atomic mass is 35.5. The topological polar surface area (TPSA) is 30.5 Å². The molecule has 1 unspecified atom stereocenters. The molecule has 21 heavy (non-hydrogen) atoms. The van der Waals surface area contributed by atoms with Crippen LogP contribution >= 0.6 is 11.6 Å². The molecule has 0 aliphatic carbocycles. The second-order valence-electron chi connectivity index (χ2n) is 4.84. The summed E-state index contributed by atoms with van der Waals surface area (Å²) in [6, 6.07) is 12.1. The molecule has 112 valence electrons. The van der Waals surface area contributed by atoms with Crippen molar-refractivity contribution in [2.24, 2.45) is 0 Å². The van der Waals surface area contributed by atoms with E-state index in [4.69, 9.17) is 21.1 Å². The fourth-order valence-corrected chi connectivity index (χ4v) is 2.54. The van der Waals surface area contributed by atoms with Gasteiger partial charge in [0.15, 0.2) is 11.5 Å². The van der Waals surface area contributed by atoms with Crippen LogP contribution in [0.15, 0.2) is 36.4 Å². The van der Waals surface area contributed by atoms with Crippen LogP contribution in [0.2, 0.25) is 5.02 Å². The van der Waals surface area contributed by atoms with E-state index < -0.39 is 0 Å². The maximum absolute atomic E-state index is 6.24. The number of hydrogen-bond acceptors (Lipinski definition) is 3. The van der Waals surface area contributed by atoms with Gasteiger partial charge in [-0.2, -0.15) is 0 Å². The maximum atomic E-state index is 6.24. The first kappa shape index (κ1) is 15.7. The van der Waals surface area contributed by atoms with Gasteiger partial charge in [-0.3, -0.25) is 0 Å². The standard InChI is InChI=1S/C17H20ClNO2/c1-11-5-6-12(9-14(11)18)17(19-2)13-7-8-15(20-3)16(10-13)21-4/h5-10,17,19H,1-4H3. The van der Waals surface area contributed by atoms with Crippen LogP contribution in [-0.2, 0) is 0 Å². The third-order valence-corrected chi connectivity index (χ3v) is 3.97. The molecule has 0 aliphatic rings. The first-order valence-corrected chi connectivity index (χ1v) is 7.13. The van der Waals surface area contributed by atoms with Crippen LogP contribution in [0.5, 0.6) is 11.5 Å². The van der Waals surface area contributed by atoms with E-state index >= 15 is 0 Å². The third-order valence-electron chi connectivity index (χ3n) is 3.56. The van der Waals surface area contributed by atoms with E-state index in [9.17, 15) is 0 Å². The Morgan fingerprint density at radius 2 is 1.57 bits per heavy atom. The Morgan fingerprint density at radius 1 is 0.952 bits per heavy atom. The van der Waals surface area contributed by atoms with Crippen molar-refractivity contribution in [1.29, 1.82) is 0 Å². The van der Waals surface area contributed by atoms with E-state index in [1.807, 2.05) is 44.3 Å². The SMILES string of the molecule is CNC(c1ccc(C)c(Cl)c1)c1ccc(OC)c(OC)c1. The summed E-state index contributed by atoms with van der Waals surface area (Å²) in [4.78, 5) is 0. The quantitative estimate of drug-likeness (QED) is 0.906. The third kappa shape index (κ3) is 3.31. The van der Waals surface area contributed by atoms with E-state index in [2.05, 4.69) is 11.4 Å². The molecule has 1 atom stereocenters. The molecular formula is C17H20ClNO2. The summed E-state index contributed by atoms with van der Waals surface area (Å²) in [5.41, 5.74) is 3.28. The van der Waals surface area contributed by atoms with Gasteiger partial charge in [0.2, 0.25) is 0 Å². The van der Waals surface area contributed by atoms with Crippen molar-refractivity contribution in [2.45, 2.75) is 13.0 Å². The van der Waals surface area contributed by atoms with Gasteiger partial charge in [-0.1, -0.05) is 29.8 Å². The highest BCUT2D eigenvalue weighted by Crippen LogP contribution is 2.33.